The van der Waals surface area contributed by atoms with Crippen LogP contribution in [0.1, 0.15) is 17.3 Å². The average molecular weight is 240 g/mol. The molecule has 5 nitrogen and oxygen atoms in total. The zero-order valence-electron chi connectivity index (χ0n) is 9.33. The van der Waals surface area contributed by atoms with Gasteiger partial charge < -0.3 is 15.8 Å². The highest BCUT2D eigenvalue weighted by Crippen LogP contribution is 2.15. The standard InChI is InChI=1S/C11H13FN2O3/c1-2-17-9(15)6-14-11(16)7-4-3-5-8(12)10(7)13/h3-5H,2,6,13H2,1H3,(H,14,16). The molecule has 6 heteroatoms. The molecule has 0 bridgehead atoms. The van der Waals surface area contributed by atoms with Crippen LogP contribution in [-0.4, -0.2) is 25.0 Å². The molecule has 0 saturated carbocycles. The minimum atomic E-state index is -0.672. The van der Waals surface area contributed by atoms with E-state index in [0.29, 0.717) is 0 Å². The Hall–Kier alpha value is -2.11. The number of ether oxygens (including phenoxy) is 1. The molecule has 3 N–H and O–H groups in total. The number of amides is 1. The lowest BCUT2D eigenvalue weighted by Gasteiger charge is -2.07. The van der Waals surface area contributed by atoms with Crippen LogP contribution in [0.5, 0.6) is 0 Å². The number of nitrogens with two attached hydrogens (primary N) is 1. The summed E-state index contributed by atoms with van der Waals surface area (Å²) in [6.07, 6.45) is 0. The number of esters is 1. The van der Waals surface area contributed by atoms with Gasteiger partial charge in [0.1, 0.15) is 12.4 Å². The molecule has 0 unspecified atom stereocenters. The van der Waals surface area contributed by atoms with Crippen LogP contribution in [0, 0.1) is 5.82 Å². The van der Waals surface area contributed by atoms with Crippen molar-refractivity contribution >= 4 is 17.6 Å². The molecule has 0 aromatic heterocycles. The molecule has 1 amide bonds. The van der Waals surface area contributed by atoms with E-state index in [0.717, 1.165) is 6.07 Å². The smallest absolute Gasteiger partial charge is 0.325 e. The number of carbonyl (C=O) groups is 2. The van der Waals surface area contributed by atoms with Gasteiger partial charge in [-0.2, -0.15) is 0 Å². The summed E-state index contributed by atoms with van der Waals surface area (Å²) < 4.78 is 17.7. The normalized spacial score (nSPS) is 9.76. The Kier molecular flexibility index (Phi) is 4.45. The molecule has 0 radical (unpaired) electrons. The van der Waals surface area contributed by atoms with Gasteiger partial charge in [0.2, 0.25) is 0 Å². The fourth-order valence-corrected chi connectivity index (χ4v) is 1.19. The summed E-state index contributed by atoms with van der Waals surface area (Å²) in [5, 5.41) is 2.29. The second-order valence-electron chi connectivity index (χ2n) is 3.19. The number of halogens is 1. The molecule has 0 spiro atoms. The van der Waals surface area contributed by atoms with Gasteiger partial charge >= 0.3 is 5.97 Å². The Labute approximate surface area is 97.7 Å². The molecular formula is C11H13FN2O3. The van der Waals surface area contributed by atoms with Crippen molar-refractivity contribution in [3.8, 4) is 0 Å². The van der Waals surface area contributed by atoms with Gasteiger partial charge in [-0.3, -0.25) is 9.59 Å². The summed E-state index contributed by atoms with van der Waals surface area (Å²) in [6, 6.07) is 3.89. The highest BCUT2D eigenvalue weighted by Gasteiger charge is 2.13. The second kappa shape index (κ2) is 5.83. The van der Waals surface area contributed by atoms with Crippen LogP contribution < -0.4 is 11.1 Å². The summed E-state index contributed by atoms with van der Waals surface area (Å²) in [5.74, 6) is -1.85. The Morgan fingerprint density at radius 2 is 2.18 bits per heavy atom. The molecule has 0 atom stereocenters. The zero-order chi connectivity index (χ0) is 12.8. The van der Waals surface area contributed by atoms with Crippen LogP contribution in [-0.2, 0) is 9.53 Å². The number of benzene rings is 1. The van der Waals surface area contributed by atoms with Crippen molar-refractivity contribution in [1.29, 1.82) is 0 Å². The summed E-state index contributed by atoms with van der Waals surface area (Å²) >= 11 is 0. The van der Waals surface area contributed by atoms with Gasteiger partial charge in [-0.25, -0.2) is 4.39 Å². The van der Waals surface area contributed by atoms with Gasteiger partial charge in [0.25, 0.3) is 5.91 Å². The predicted octanol–water partition coefficient (Wildman–Crippen LogP) is 0.701. The highest BCUT2D eigenvalue weighted by molar-refractivity contribution is 6.00. The fourth-order valence-electron chi connectivity index (χ4n) is 1.19. The monoisotopic (exact) mass is 240 g/mol. The number of para-hydroxylation sites is 1. The number of hydrogen-bond acceptors (Lipinski definition) is 4. The lowest BCUT2D eigenvalue weighted by atomic mass is 10.1. The number of anilines is 1. The molecule has 1 aromatic carbocycles. The maximum atomic E-state index is 13.1. The summed E-state index contributed by atoms with van der Waals surface area (Å²) in [4.78, 5) is 22.5. The summed E-state index contributed by atoms with van der Waals surface area (Å²) in [7, 11) is 0. The minimum absolute atomic E-state index is 0.00528. The van der Waals surface area contributed by atoms with Crippen molar-refractivity contribution in [1.82, 2.24) is 5.32 Å². The maximum Gasteiger partial charge on any atom is 0.325 e. The summed E-state index contributed by atoms with van der Waals surface area (Å²) in [6.45, 7) is 1.61. The molecule has 0 heterocycles. The third kappa shape index (κ3) is 3.44. The molecular weight excluding hydrogens is 227 g/mol. The molecule has 92 valence electrons. The molecule has 17 heavy (non-hydrogen) atoms. The lowest BCUT2D eigenvalue weighted by molar-refractivity contribution is -0.141. The first-order valence-corrected chi connectivity index (χ1v) is 5.04. The zero-order valence-corrected chi connectivity index (χ0v) is 9.33. The van der Waals surface area contributed by atoms with E-state index < -0.39 is 17.7 Å². The van der Waals surface area contributed by atoms with E-state index in [4.69, 9.17) is 5.73 Å². The third-order valence-corrected chi connectivity index (χ3v) is 2.00. The van der Waals surface area contributed by atoms with E-state index in [1.807, 2.05) is 0 Å². The predicted molar refractivity (Wildman–Crippen MR) is 59.8 cm³/mol. The van der Waals surface area contributed by atoms with Crippen LogP contribution in [0.2, 0.25) is 0 Å². The van der Waals surface area contributed by atoms with Crippen molar-refractivity contribution in [3.63, 3.8) is 0 Å². The van der Waals surface area contributed by atoms with Crippen molar-refractivity contribution in [2.24, 2.45) is 0 Å². The molecule has 0 fully saturated rings. The van der Waals surface area contributed by atoms with Crippen LogP contribution in [0.4, 0.5) is 10.1 Å². The number of nitrogen functional groups attached to an aromatic ring is 1. The molecule has 0 aliphatic rings. The Balaban J connectivity index is 2.64. The van der Waals surface area contributed by atoms with E-state index in [-0.39, 0.29) is 24.4 Å². The van der Waals surface area contributed by atoms with Crippen molar-refractivity contribution < 1.29 is 18.7 Å². The van der Waals surface area contributed by atoms with Crippen molar-refractivity contribution in [2.45, 2.75) is 6.92 Å². The van der Waals surface area contributed by atoms with Crippen molar-refractivity contribution in [3.05, 3.63) is 29.6 Å². The Bertz CT molecular complexity index is 435. The maximum absolute atomic E-state index is 13.1. The van der Waals surface area contributed by atoms with Crippen LogP contribution >= 0.6 is 0 Å². The van der Waals surface area contributed by atoms with E-state index in [2.05, 4.69) is 10.1 Å². The largest absolute Gasteiger partial charge is 0.465 e. The first-order valence-electron chi connectivity index (χ1n) is 5.04. The highest BCUT2D eigenvalue weighted by atomic mass is 19.1. The van der Waals surface area contributed by atoms with Gasteiger partial charge in [-0.05, 0) is 19.1 Å². The fraction of sp³-hybridized carbons (Fsp3) is 0.273. The second-order valence-corrected chi connectivity index (χ2v) is 3.19. The molecule has 0 aliphatic carbocycles. The van der Waals surface area contributed by atoms with E-state index >= 15 is 0 Å². The first kappa shape index (κ1) is 13.0. The van der Waals surface area contributed by atoms with Gasteiger partial charge in [-0.15, -0.1) is 0 Å². The third-order valence-electron chi connectivity index (χ3n) is 2.00. The summed E-state index contributed by atoms with van der Waals surface area (Å²) in [5.41, 5.74) is 5.15. The van der Waals surface area contributed by atoms with Gasteiger partial charge in [0.05, 0.1) is 17.9 Å². The molecule has 0 aliphatic heterocycles. The Morgan fingerprint density at radius 1 is 1.47 bits per heavy atom. The Morgan fingerprint density at radius 3 is 2.82 bits per heavy atom. The van der Waals surface area contributed by atoms with Gasteiger partial charge in [-0.1, -0.05) is 6.07 Å². The SMILES string of the molecule is CCOC(=O)CNC(=O)c1cccc(F)c1N. The average Bonchev–Trinajstić information content (AvgIpc) is 2.30. The van der Waals surface area contributed by atoms with E-state index in [1.165, 1.54) is 12.1 Å². The first-order chi connectivity index (χ1) is 8.06. The minimum Gasteiger partial charge on any atom is -0.465 e. The van der Waals surface area contributed by atoms with Crippen LogP contribution in [0.25, 0.3) is 0 Å². The van der Waals surface area contributed by atoms with Crippen LogP contribution in [0.3, 0.4) is 0 Å². The number of nitrogens with one attached hydrogen (secondary N) is 1. The molecule has 0 saturated heterocycles. The molecule has 1 rings (SSSR count). The topological polar surface area (TPSA) is 81.4 Å². The van der Waals surface area contributed by atoms with Gasteiger partial charge in [0, 0.05) is 0 Å². The molecule has 1 aromatic rings. The number of rotatable bonds is 4. The van der Waals surface area contributed by atoms with Gasteiger partial charge in [0.15, 0.2) is 0 Å². The van der Waals surface area contributed by atoms with E-state index in [1.54, 1.807) is 6.92 Å². The van der Waals surface area contributed by atoms with E-state index in [9.17, 15) is 14.0 Å². The number of hydrogen-bond donors (Lipinski definition) is 2. The number of carbonyl (C=O) groups excluding carboxylic acids is 2. The van der Waals surface area contributed by atoms with Crippen LogP contribution in [0.15, 0.2) is 18.2 Å². The van der Waals surface area contributed by atoms with Crippen molar-refractivity contribution in [2.75, 3.05) is 18.9 Å². The quantitative estimate of drug-likeness (QED) is 0.599. The lowest BCUT2D eigenvalue weighted by Crippen LogP contribution is -2.31.